The lowest BCUT2D eigenvalue weighted by molar-refractivity contribution is -0.379. The van der Waals surface area contributed by atoms with Crippen molar-refractivity contribution in [2.45, 2.75) is 356 Å². The summed E-state index contributed by atoms with van der Waals surface area (Å²) in [6.07, 6.45) is 33.8. The second-order valence-electron chi connectivity index (χ2n) is 25.0. The van der Waals surface area contributed by atoms with E-state index >= 15 is 0 Å². The molecule has 88 heavy (non-hydrogen) atoms. The highest BCUT2D eigenvalue weighted by molar-refractivity contribution is 5.76. The van der Waals surface area contributed by atoms with Gasteiger partial charge in [0.1, 0.15) is 73.2 Å². The van der Waals surface area contributed by atoms with Crippen molar-refractivity contribution in [3.05, 3.63) is 48.6 Å². The molecule has 17 unspecified atom stereocenters. The average molecular weight is 1260 g/mol. The van der Waals surface area contributed by atoms with Crippen molar-refractivity contribution < 1.29 is 89.4 Å². The molecule has 3 saturated heterocycles. The van der Waals surface area contributed by atoms with E-state index in [-0.39, 0.29) is 18.9 Å². The average Bonchev–Trinajstić information content (AvgIpc) is 3.72. The third-order valence-electron chi connectivity index (χ3n) is 17.3. The van der Waals surface area contributed by atoms with Crippen LogP contribution in [0.4, 0.5) is 0 Å². The quantitative estimate of drug-likeness (QED) is 0.0200. The van der Waals surface area contributed by atoms with Crippen LogP contribution in [0, 0.1) is 0 Å². The summed E-state index contributed by atoms with van der Waals surface area (Å²) in [6, 6.07) is -1.000. The second-order valence-corrected chi connectivity index (χ2v) is 25.0. The van der Waals surface area contributed by atoms with Crippen molar-refractivity contribution >= 4 is 5.91 Å². The van der Waals surface area contributed by atoms with Crippen molar-refractivity contribution in [1.82, 2.24) is 5.32 Å². The molecule has 0 saturated carbocycles. The van der Waals surface area contributed by atoms with E-state index in [1.54, 1.807) is 6.08 Å². The number of carbonyl (C=O) groups is 1. The predicted molar refractivity (Wildman–Crippen MR) is 342 cm³/mol. The topological polar surface area (TPSA) is 307 Å². The second kappa shape index (κ2) is 51.2. The standard InChI is InChI=1S/C69H125NO18/c1-3-5-7-9-11-13-15-17-19-21-22-23-24-25-26-27-28-29-31-32-34-36-38-40-42-44-46-53(74)52(70-57(75)47-45-43-41-39-37-35-33-30-20-18-16-14-12-10-8-6-4-2)51-83-67-63(81)60(78)65(55(49-72)85-67)88-69-64(82)61(79)66(56(50-73)86-69)87-68-62(80)59(77)58(76)54(48-71)84-68/h18,20,29,31,36,38,44,46,52-56,58-69,71-74,76-82H,3-17,19,21-28,30,32-35,37,39-43,45,47-51H2,1-2H3,(H,70,75)/b20-18-,31-29+,38-36+,46-44+. The number of carbonyl (C=O) groups excluding carboxylic acids is 1. The van der Waals surface area contributed by atoms with Gasteiger partial charge in [0.05, 0.1) is 38.6 Å². The summed E-state index contributed by atoms with van der Waals surface area (Å²) in [4.78, 5) is 13.4. The third kappa shape index (κ3) is 33.0. The lowest BCUT2D eigenvalue weighted by Gasteiger charge is -2.48. The largest absolute Gasteiger partial charge is 0.394 e. The fourth-order valence-electron chi connectivity index (χ4n) is 11.6. The molecule has 19 nitrogen and oxygen atoms in total. The van der Waals surface area contributed by atoms with E-state index in [1.807, 2.05) is 6.08 Å². The Morgan fingerprint density at radius 3 is 1.14 bits per heavy atom. The molecule has 1 amide bonds. The molecule has 3 aliphatic rings. The summed E-state index contributed by atoms with van der Waals surface area (Å²) < 4.78 is 34.3. The Morgan fingerprint density at radius 2 is 0.727 bits per heavy atom. The monoisotopic (exact) mass is 1260 g/mol. The zero-order valence-corrected chi connectivity index (χ0v) is 54.2. The molecule has 0 aromatic rings. The van der Waals surface area contributed by atoms with Gasteiger partial charge in [-0.05, 0) is 70.6 Å². The van der Waals surface area contributed by atoms with Gasteiger partial charge < -0.3 is 89.9 Å². The van der Waals surface area contributed by atoms with E-state index in [0.29, 0.717) is 12.8 Å². The number of aliphatic hydroxyl groups excluding tert-OH is 11. The summed E-state index contributed by atoms with van der Waals surface area (Å²) in [6.45, 7) is 1.71. The molecule has 0 aromatic carbocycles. The molecule has 0 spiro atoms. The van der Waals surface area contributed by atoms with E-state index < -0.39 is 124 Å². The molecule has 19 heteroatoms. The zero-order chi connectivity index (χ0) is 64.0. The van der Waals surface area contributed by atoms with E-state index in [1.165, 1.54) is 161 Å². The van der Waals surface area contributed by atoms with Gasteiger partial charge in [-0.1, -0.05) is 223 Å². The molecule has 0 bridgehead atoms. The van der Waals surface area contributed by atoms with Crippen molar-refractivity contribution in [2.24, 2.45) is 0 Å². The normalized spacial score (nSPS) is 28.7. The molecule has 17 atom stereocenters. The highest BCUT2D eigenvalue weighted by Gasteiger charge is 2.53. The van der Waals surface area contributed by atoms with Gasteiger partial charge in [-0.3, -0.25) is 4.79 Å². The predicted octanol–water partition coefficient (Wildman–Crippen LogP) is 9.00. The first-order valence-electron chi connectivity index (χ1n) is 34.9. The Balaban J connectivity index is 1.46. The lowest BCUT2D eigenvalue weighted by Crippen LogP contribution is -2.66. The zero-order valence-electron chi connectivity index (χ0n) is 54.2. The Labute approximate surface area is 529 Å². The smallest absolute Gasteiger partial charge is 0.220 e. The number of nitrogens with one attached hydrogen (secondary N) is 1. The van der Waals surface area contributed by atoms with Gasteiger partial charge in [-0.15, -0.1) is 0 Å². The van der Waals surface area contributed by atoms with Crippen molar-refractivity contribution in [2.75, 3.05) is 26.4 Å². The highest BCUT2D eigenvalue weighted by atomic mass is 16.8. The van der Waals surface area contributed by atoms with Crippen LogP contribution in [0.15, 0.2) is 48.6 Å². The number of unbranched alkanes of at least 4 members (excludes halogenated alkanes) is 31. The van der Waals surface area contributed by atoms with Gasteiger partial charge in [-0.25, -0.2) is 0 Å². The fraction of sp³-hybridized carbons (Fsp3) is 0.870. The summed E-state index contributed by atoms with van der Waals surface area (Å²) in [5.74, 6) is -0.294. The van der Waals surface area contributed by atoms with E-state index in [4.69, 9.17) is 28.4 Å². The van der Waals surface area contributed by atoms with Crippen LogP contribution in [0.1, 0.15) is 251 Å². The molecule has 514 valence electrons. The minimum absolute atomic E-state index is 0.226. The van der Waals surface area contributed by atoms with Crippen LogP contribution in [0.25, 0.3) is 0 Å². The van der Waals surface area contributed by atoms with Gasteiger partial charge in [0.25, 0.3) is 0 Å². The van der Waals surface area contributed by atoms with Crippen LogP contribution in [0.2, 0.25) is 0 Å². The van der Waals surface area contributed by atoms with Crippen LogP contribution in [0.5, 0.6) is 0 Å². The first-order chi connectivity index (χ1) is 42.8. The fourth-order valence-corrected chi connectivity index (χ4v) is 11.6. The molecule has 0 aromatic heterocycles. The Hall–Kier alpha value is -2.25. The Kier molecular flexibility index (Phi) is 46.5. The van der Waals surface area contributed by atoms with E-state index in [2.05, 4.69) is 55.6 Å². The Bertz CT molecular complexity index is 1790. The van der Waals surface area contributed by atoms with Crippen molar-refractivity contribution in [1.29, 1.82) is 0 Å². The minimum Gasteiger partial charge on any atom is -0.394 e. The van der Waals surface area contributed by atoms with E-state index in [9.17, 15) is 61.0 Å². The molecule has 3 heterocycles. The van der Waals surface area contributed by atoms with Crippen LogP contribution in [-0.2, 0) is 33.2 Å². The number of allylic oxidation sites excluding steroid dienone is 7. The van der Waals surface area contributed by atoms with Crippen LogP contribution in [-0.4, -0.2) is 193 Å². The number of aliphatic hydroxyl groups is 11. The van der Waals surface area contributed by atoms with Gasteiger partial charge in [0.15, 0.2) is 18.9 Å². The molecule has 0 aliphatic carbocycles. The Morgan fingerprint density at radius 1 is 0.398 bits per heavy atom. The molecular weight excluding hydrogens is 1130 g/mol. The maximum absolute atomic E-state index is 13.4. The summed E-state index contributed by atoms with van der Waals surface area (Å²) in [7, 11) is 0. The van der Waals surface area contributed by atoms with Gasteiger partial charge in [0, 0.05) is 6.42 Å². The molecule has 12 N–H and O–H groups in total. The van der Waals surface area contributed by atoms with E-state index in [0.717, 1.165) is 57.8 Å². The number of ether oxygens (including phenoxy) is 6. The molecule has 0 radical (unpaired) electrons. The molecular formula is C69H125NO18. The van der Waals surface area contributed by atoms with Crippen LogP contribution in [0.3, 0.4) is 0 Å². The maximum atomic E-state index is 13.4. The van der Waals surface area contributed by atoms with Gasteiger partial charge >= 0.3 is 0 Å². The third-order valence-corrected chi connectivity index (χ3v) is 17.3. The molecule has 3 rings (SSSR count). The summed E-state index contributed by atoms with van der Waals surface area (Å²) >= 11 is 0. The number of rotatable bonds is 53. The number of hydrogen-bond acceptors (Lipinski definition) is 18. The molecule has 3 fully saturated rings. The first-order valence-corrected chi connectivity index (χ1v) is 34.9. The van der Waals surface area contributed by atoms with Crippen molar-refractivity contribution in [3.63, 3.8) is 0 Å². The molecule has 3 aliphatic heterocycles. The SMILES string of the molecule is CCCCCCCC/C=C\CCCCCCCCCC(=O)NC(COC1OC(CO)C(OC2OC(CO)C(OC3OC(CO)C(O)C(O)C3O)C(O)C2O)C(O)C1O)C(O)/C=C/CC/C=C/CC/C=C/CCCCCCCCCCCCCCCCCC. The highest BCUT2D eigenvalue weighted by Crippen LogP contribution is 2.33. The minimum atomic E-state index is -1.98. The van der Waals surface area contributed by atoms with Crippen molar-refractivity contribution in [3.8, 4) is 0 Å². The lowest BCUT2D eigenvalue weighted by atomic mass is 9.96. The number of hydrogen-bond donors (Lipinski definition) is 12. The van der Waals surface area contributed by atoms with Gasteiger partial charge in [-0.2, -0.15) is 0 Å². The number of amides is 1. The summed E-state index contributed by atoms with van der Waals surface area (Å²) in [5.41, 5.74) is 0. The maximum Gasteiger partial charge on any atom is 0.220 e. The van der Waals surface area contributed by atoms with Crippen LogP contribution >= 0.6 is 0 Å². The van der Waals surface area contributed by atoms with Crippen LogP contribution < -0.4 is 5.32 Å². The van der Waals surface area contributed by atoms with Gasteiger partial charge in [0.2, 0.25) is 5.91 Å². The summed E-state index contributed by atoms with van der Waals surface area (Å²) in [5, 5.41) is 120. The first kappa shape index (κ1) is 80.0.